The maximum atomic E-state index is 12.7. The number of nitrogens with zero attached hydrogens (tertiary/aromatic N) is 1. The molecule has 1 heterocycles. The Hall–Kier alpha value is -1.96. The van der Waals surface area contributed by atoms with Gasteiger partial charge < -0.3 is 19.7 Å². The molecule has 0 aliphatic carbocycles. The van der Waals surface area contributed by atoms with Crippen molar-refractivity contribution >= 4 is 39.9 Å². The van der Waals surface area contributed by atoms with Gasteiger partial charge in [-0.15, -0.1) is 0 Å². The Bertz CT molecular complexity index is 773. The van der Waals surface area contributed by atoms with Crippen LogP contribution >= 0.6 is 22.6 Å². The number of halogens is 1. The molecule has 1 N–H and O–H groups in total. The van der Waals surface area contributed by atoms with Crippen LogP contribution in [0.25, 0.3) is 0 Å². The van der Waals surface area contributed by atoms with Crippen LogP contribution < -0.4 is 19.7 Å². The number of ether oxygens (including phenoxy) is 2. The molecule has 25 heavy (non-hydrogen) atoms. The summed E-state index contributed by atoms with van der Waals surface area (Å²) in [4.78, 5) is 15.1. The topological polar surface area (TPSA) is 50.8 Å². The second kappa shape index (κ2) is 7.95. The SMILES string of the molecule is COc1cc(I)c(C(=O)Nc2cccc(N3CCCC3)c2)cc1OC. The van der Waals surface area contributed by atoms with Crippen molar-refractivity contribution in [1.82, 2.24) is 0 Å². The lowest BCUT2D eigenvalue weighted by atomic mass is 10.1. The van der Waals surface area contributed by atoms with Crippen molar-refractivity contribution in [3.05, 3.63) is 45.5 Å². The number of rotatable bonds is 5. The molecule has 0 radical (unpaired) electrons. The molecule has 0 aromatic heterocycles. The molecule has 1 aliphatic heterocycles. The van der Waals surface area contributed by atoms with E-state index in [9.17, 15) is 4.79 Å². The van der Waals surface area contributed by atoms with E-state index in [0.29, 0.717) is 17.1 Å². The summed E-state index contributed by atoms with van der Waals surface area (Å²) in [5.41, 5.74) is 2.50. The monoisotopic (exact) mass is 452 g/mol. The molecule has 1 aliphatic rings. The summed E-state index contributed by atoms with van der Waals surface area (Å²) in [6.45, 7) is 2.15. The zero-order valence-electron chi connectivity index (χ0n) is 14.3. The van der Waals surface area contributed by atoms with Crippen molar-refractivity contribution in [3.8, 4) is 11.5 Å². The van der Waals surface area contributed by atoms with Crippen molar-refractivity contribution in [2.75, 3.05) is 37.5 Å². The van der Waals surface area contributed by atoms with Crippen LogP contribution in [-0.4, -0.2) is 33.2 Å². The Balaban J connectivity index is 1.81. The van der Waals surface area contributed by atoms with Crippen molar-refractivity contribution in [3.63, 3.8) is 0 Å². The molecule has 2 aromatic carbocycles. The van der Waals surface area contributed by atoms with Gasteiger partial charge in [0.15, 0.2) is 11.5 Å². The molecule has 1 amide bonds. The van der Waals surface area contributed by atoms with Crippen LogP contribution in [0.3, 0.4) is 0 Å². The predicted octanol–water partition coefficient (Wildman–Crippen LogP) is 4.16. The highest BCUT2D eigenvalue weighted by Gasteiger charge is 2.17. The molecule has 0 bridgehead atoms. The number of methoxy groups -OCH3 is 2. The molecule has 0 spiro atoms. The van der Waals surface area contributed by atoms with Crippen molar-refractivity contribution in [2.24, 2.45) is 0 Å². The van der Waals surface area contributed by atoms with Gasteiger partial charge >= 0.3 is 0 Å². The standard InChI is InChI=1S/C19H21IN2O3/c1-24-17-11-15(16(20)12-18(17)25-2)19(23)21-13-6-5-7-14(10-13)22-8-3-4-9-22/h5-7,10-12H,3-4,8-9H2,1-2H3,(H,21,23). The molecule has 1 fully saturated rings. The molecule has 0 atom stereocenters. The van der Waals surface area contributed by atoms with Gasteiger partial charge in [0.25, 0.3) is 5.91 Å². The summed E-state index contributed by atoms with van der Waals surface area (Å²) >= 11 is 2.13. The summed E-state index contributed by atoms with van der Waals surface area (Å²) in [6.07, 6.45) is 2.45. The minimum Gasteiger partial charge on any atom is -0.493 e. The molecular formula is C19H21IN2O3. The highest BCUT2D eigenvalue weighted by Crippen LogP contribution is 2.32. The number of benzene rings is 2. The number of carbonyl (C=O) groups is 1. The van der Waals surface area contributed by atoms with Crippen LogP contribution in [0.4, 0.5) is 11.4 Å². The van der Waals surface area contributed by atoms with Crippen molar-refractivity contribution in [2.45, 2.75) is 12.8 Å². The van der Waals surface area contributed by atoms with E-state index in [2.05, 4.69) is 38.9 Å². The van der Waals surface area contributed by atoms with Crippen LogP contribution in [0.15, 0.2) is 36.4 Å². The predicted molar refractivity (Wildman–Crippen MR) is 108 cm³/mol. The Kier molecular flexibility index (Phi) is 5.67. The highest BCUT2D eigenvalue weighted by molar-refractivity contribution is 14.1. The van der Waals surface area contributed by atoms with Crippen LogP contribution in [0.1, 0.15) is 23.2 Å². The zero-order valence-corrected chi connectivity index (χ0v) is 16.5. The summed E-state index contributed by atoms with van der Waals surface area (Å²) in [5.74, 6) is 0.988. The van der Waals surface area contributed by atoms with Gasteiger partial charge in [0.05, 0.1) is 19.8 Å². The first-order valence-electron chi connectivity index (χ1n) is 8.20. The van der Waals surface area contributed by atoms with Gasteiger partial charge in [-0.3, -0.25) is 4.79 Å². The number of hydrogen-bond acceptors (Lipinski definition) is 4. The van der Waals surface area contributed by atoms with E-state index in [1.54, 1.807) is 26.4 Å². The second-order valence-electron chi connectivity index (χ2n) is 5.89. The third-order valence-electron chi connectivity index (χ3n) is 4.29. The average Bonchev–Trinajstić information content (AvgIpc) is 3.16. The van der Waals surface area contributed by atoms with E-state index in [1.165, 1.54) is 12.8 Å². The molecule has 0 unspecified atom stereocenters. The van der Waals surface area contributed by atoms with Gasteiger partial charge in [0.1, 0.15) is 0 Å². The lowest BCUT2D eigenvalue weighted by molar-refractivity contribution is 0.102. The smallest absolute Gasteiger partial charge is 0.256 e. The third kappa shape index (κ3) is 4.00. The zero-order chi connectivity index (χ0) is 17.8. The van der Waals surface area contributed by atoms with Gasteiger partial charge in [0.2, 0.25) is 0 Å². The number of nitrogens with one attached hydrogen (secondary N) is 1. The average molecular weight is 452 g/mol. The number of hydrogen-bond donors (Lipinski definition) is 1. The van der Waals surface area contributed by atoms with Crippen molar-refractivity contribution < 1.29 is 14.3 Å². The normalized spacial score (nSPS) is 13.6. The van der Waals surface area contributed by atoms with Crippen molar-refractivity contribution in [1.29, 1.82) is 0 Å². The lowest BCUT2D eigenvalue weighted by Crippen LogP contribution is -2.18. The second-order valence-corrected chi connectivity index (χ2v) is 7.05. The minimum absolute atomic E-state index is 0.163. The Morgan fingerprint density at radius 3 is 2.44 bits per heavy atom. The molecule has 132 valence electrons. The molecular weight excluding hydrogens is 431 g/mol. The van der Waals surface area contributed by atoms with Gasteiger partial charge in [-0.25, -0.2) is 0 Å². The maximum absolute atomic E-state index is 12.7. The van der Waals surface area contributed by atoms with E-state index in [1.807, 2.05) is 18.2 Å². The first-order valence-corrected chi connectivity index (χ1v) is 9.28. The number of anilines is 2. The molecule has 3 rings (SSSR count). The summed E-state index contributed by atoms with van der Waals surface area (Å²) < 4.78 is 11.4. The Morgan fingerprint density at radius 1 is 1.08 bits per heavy atom. The molecule has 2 aromatic rings. The lowest BCUT2D eigenvalue weighted by Gasteiger charge is -2.18. The molecule has 0 saturated carbocycles. The van der Waals surface area contributed by atoms with E-state index in [-0.39, 0.29) is 5.91 Å². The molecule has 5 nitrogen and oxygen atoms in total. The van der Waals surface area contributed by atoms with E-state index < -0.39 is 0 Å². The fourth-order valence-corrected chi connectivity index (χ4v) is 3.67. The van der Waals surface area contributed by atoms with Crippen LogP contribution in [0.5, 0.6) is 11.5 Å². The Morgan fingerprint density at radius 2 is 1.76 bits per heavy atom. The summed E-state index contributed by atoms with van der Waals surface area (Å²) in [5, 5.41) is 2.98. The first kappa shape index (κ1) is 17.8. The van der Waals surface area contributed by atoms with Crippen LogP contribution in [0.2, 0.25) is 0 Å². The maximum Gasteiger partial charge on any atom is 0.256 e. The van der Waals surface area contributed by atoms with Gasteiger partial charge in [-0.1, -0.05) is 6.07 Å². The van der Waals surface area contributed by atoms with Gasteiger partial charge in [-0.2, -0.15) is 0 Å². The quantitative estimate of drug-likeness (QED) is 0.693. The number of amides is 1. The Labute approximate surface area is 161 Å². The molecule has 1 saturated heterocycles. The third-order valence-corrected chi connectivity index (χ3v) is 5.19. The molecule has 6 heteroatoms. The van der Waals surface area contributed by atoms with Crippen LogP contribution in [-0.2, 0) is 0 Å². The minimum atomic E-state index is -0.163. The van der Waals surface area contributed by atoms with Gasteiger partial charge in [0, 0.05) is 28.0 Å². The first-order chi connectivity index (χ1) is 12.1. The van der Waals surface area contributed by atoms with E-state index >= 15 is 0 Å². The summed E-state index contributed by atoms with van der Waals surface area (Å²) in [7, 11) is 3.14. The van der Waals surface area contributed by atoms with E-state index in [4.69, 9.17) is 9.47 Å². The van der Waals surface area contributed by atoms with E-state index in [0.717, 1.165) is 28.0 Å². The largest absolute Gasteiger partial charge is 0.493 e. The fraction of sp³-hybridized carbons (Fsp3) is 0.316. The van der Waals surface area contributed by atoms with Gasteiger partial charge in [-0.05, 0) is 65.8 Å². The van der Waals surface area contributed by atoms with Crippen LogP contribution in [0, 0.1) is 3.57 Å². The fourth-order valence-electron chi connectivity index (χ4n) is 2.98. The summed E-state index contributed by atoms with van der Waals surface area (Å²) in [6, 6.07) is 11.5. The highest BCUT2D eigenvalue weighted by atomic mass is 127. The number of carbonyl (C=O) groups excluding carboxylic acids is 1.